The second-order valence-electron chi connectivity index (χ2n) is 9.30. The maximum absolute atomic E-state index is 11.7. The van der Waals surface area contributed by atoms with Crippen LogP contribution in [0.3, 0.4) is 0 Å². The highest BCUT2D eigenvalue weighted by Crippen LogP contribution is 2.35. The third-order valence-corrected chi connectivity index (χ3v) is 6.87. The summed E-state index contributed by atoms with van der Waals surface area (Å²) in [4.78, 5) is 0. The molecule has 0 fully saturated rings. The predicted molar refractivity (Wildman–Crippen MR) is 143 cm³/mol. The fourth-order valence-electron chi connectivity index (χ4n) is 4.60. The standard InChI is InChI=1S/C28H35N3O4S/c1-36(33,34)30-24-16-17-27-23(18-24)12-8-9-15-28(27)31(20-22-10-4-2-5-11-22)29-19-25(32)21-35-26-13-6-3-7-14-26/h2-7,10-11,13-14,16-18,25,28-30,32H,8-9,12,15,19-21H2,1H3/t25-,28?/m0/s1. The highest BCUT2D eigenvalue weighted by atomic mass is 32.2. The Morgan fingerprint density at radius 2 is 1.75 bits per heavy atom. The highest BCUT2D eigenvalue weighted by Gasteiger charge is 2.26. The zero-order valence-electron chi connectivity index (χ0n) is 20.6. The summed E-state index contributed by atoms with van der Waals surface area (Å²) in [5.74, 6) is 0.730. The van der Waals surface area contributed by atoms with Crippen molar-refractivity contribution in [3.8, 4) is 5.75 Å². The van der Waals surface area contributed by atoms with Crippen molar-refractivity contribution in [3.63, 3.8) is 0 Å². The van der Waals surface area contributed by atoms with Crippen molar-refractivity contribution in [2.45, 2.75) is 44.4 Å². The molecular weight excluding hydrogens is 474 g/mol. The smallest absolute Gasteiger partial charge is 0.229 e. The quantitative estimate of drug-likeness (QED) is 0.264. The molecule has 0 saturated carbocycles. The van der Waals surface area contributed by atoms with E-state index < -0.39 is 16.1 Å². The van der Waals surface area contributed by atoms with E-state index >= 15 is 0 Å². The molecule has 0 saturated heterocycles. The van der Waals surface area contributed by atoms with Gasteiger partial charge in [0.05, 0.1) is 6.26 Å². The van der Waals surface area contributed by atoms with Crippen LogP contribution in [0.4, 0.5) is 5.69 Å². The summed E-state index contributed by atoms with van der Waals surface area (Å²) in [5, 5.41) is 12.8. The van der Waals surface area contributed by atoms with Crippen LogP contribution < -0.4 is 14.9 Å². The molecule has 1 unspecified atom stereocenters. The lowest BCUT2D eigenvalue weighted by molar-refractivity contribution is 0.0494. The van der Waals surface area contributed by atoms with E-state index in [1.807, 2.05) is 66.7 Å². The Morgan fingerprint density at radius 3 is 2.47 bits per heavy atom. The van der Waals surface area contributed by atoms with Crippen LogP contribution in [0.5, 0.6) is 5.75 Å². The van der Waals surface area contributed by atoms with E-state index in [1.54, 1.807) is 0 Å². The molecule has 8 heteroatoms. The molecule has 7 nitrogen and oxygen atoms in total. The van der Waals surface area contributed by atoms with Gasteiger partial charge in [0.15, 0.2) is 0 Å². The summed E-state index contributed by atoms with van der Waals surface area (Å²) in [6, 6.07) is 25.6. The van der Waals surface area contributed by atoms with Gasteiger partial charge in [-0.1, -0.05) is 61.0 Å². The number of aliphatic hydroxyl groups is 1. The summed E-state index contributed by atoms with van der Waals surface area (Å²) in [6.07, 6.45) is 4.44. The summed E-state index contributed by atoms with van der Waals surface area (Å²) in [5.41, 5.74) is 7.58. The van der Waals surface area contributed by atoms with Crippen LogP contribution in [0.15, 0.2) is 78.9 Å². The number of hydrogen-bond acceptors (Lipinski definition) is 6. The Kier molecular flexibility index (Phi) is 8.98. The number of hydrazine groups is 1. The Labute approximate surface area is 214 Å². The summed E-state index contributed by atoms with van der Waals surface area (Å²) >= 11 is 0. The number of anilines is 1. The molecule has 1 aliphatic rings. The largest absolute Gasteiger partial charge is 0.491 e. The fourth-order valence-corrected chi connectivity index (χ4v) is 5.16. The zero-order valence-corrected chi connectivity index (χ0v) is 21.5. The number of rotatable bonds is 11. The predicted octanol–water partition coefficient (Wildman–Crippen LogP) is 4.27. The van der Waals surface area contributed by atoms with E-state index in [-0.39, 0.29) is 12.6 Å². The third-order valence-electron chi connectivity index (χ3n) is 6.27. The van der Waals surface area contributed by atoms with Gasteiger partial charge >= 0.3 is 0 Å². The molecule has 192 valence electrons. The topological polar surface area (TPSA) is 90.9 Å². The lowest BCUT2D eigenvalue weighted by Crippen LogP contribution is -2.45. The first-order chi connectivity index (χ1) is 17.4. The number of nitrogens with one attached hydrogen (secondary N) is 2. The molecule has 0 heterocycles. The van der Waals surface area contributed by atoms with E-state index in [4.69, 9.17) is 4.74 Å². The molecule has 0 aromatic heterocycles. The van der Waals surface area contributed by atoms with Crippen molar-refractivity contribution in [2.75, 3.05) is 24.1 Å². The molecule has 2 atom stereocenters. The van der Waals surface area contributed by atoms with E-state index in [2.05, 4.69) is 27.3 Å². The maximum Gasteiger partial charge on any atom is 0.229 e. The van der Waals surface area contributed by atoms with Gasteiger partial charge in [-0.05, 0) is 60.2 Å². The van der Waals surface area contributed by atoms with Crippen LogP contribution in [0.2, 0.25) is 0 Å². The Morgan fingerprint density at radius 1 is 1.03 bits per heavy atom. The highest BCUT2D eigenvalue weighted by molar-refractivity contribution is 7.92. The van der Waals surface area contributed by atoms with Gasteiger partial charge in [-0.25, -0.2) is 13.4 Å². The van der Waals surface area contributed by atoms with Gasteiger partial charge in [0.2, 0.25) is 10.0 Å². The van der Waals surface area contributed by atoms with Gasteiger partial charge in [0.25, 0.3) is 0 Å². The molecule has 36 heavy (non-hydrogen) atoms. The van der Waals surface area contributed by atoms with Crippen LogP contribution >= 0.6 is 0 Å². The van der Waals surface area contributed by atoms with Crippen LogP contribution in [0.25, 0.3) is 0 Å². The summed E-state index contributed by atoms with van der Waals surface area (Å²) in [6.45, 7) is 1.21. The van der Waals surface area contributed by atoms with Gasteiger partial charge in [-0.3, -0.25) is 10.1 Å². The van der Waals surface area contributed by atoms with E-state index in [0.717, 1.165) is 37.0 Å². The minimum absolute atomic E-state index is 0.0808. The molecule has 3 aromatic carbocycles. The van der Waals surface area contributed by atoms with Crippen LogP contribution in [-0.4, -0.2) is 44.0 Å². The zero-order chi connectivity index (χ0) is 25.4. The number of fused-ring (bicyclic) bond motifs is 1. The summed E-state index contributed by atoms with van der Waals surface area (Å²) < 4.78 is 31.8. The average molecular weight is 510 g/mol. The number of aliphatic hydroxyl groups excluding tert-OH is 1. The molecule has 0 aliphatic heterocycles. The second-order valence-corrected chi connectivity index (χ2v) is 11.1. The van der Waals surface area contributed by atoms with Crippen LogP contribution in [0, 0.1) is 0 Å². The number of para-hydroxylation sites is 1. The van der Waals surface area contributed by atoms with Crippen molar-refractivity contribution in [2.24, 2.45) is 0 Å². The number of aryl methyl sites for hydroxylation is 1. The molecule has 1 aliphatic carbocycles. The van der Waals surface area contributed by atoms with Gasteiger partial charge in [0, 0.05) is 24.8 Å². The van der Waals surface area contributed by atoms with Crippen molar-refractivity contribution in [1.82, 2.24) is 10.4 Å². The molecule has 3 N–H and O–H groups in total. The first kappa shape index (κ1) is 26.2. The van der Waals surface area contributed by atoms with E-state index in [9.17, 15) is 13.5 Å². The number of sulfonamides is 1. The van der Waals surface area contributed by atoms with Gasteiger partial charge in [-0.15, -0.1) is 0 Å². The molecule has 3 aromatic rings. The third kappa shape index (κ3) is 7.80. The molecule has 0 spiro atoms. The minimum Gasteiger partial charge on any atom is -0.491 e. The monoisotopic (exact) mass is 509 g/mol. The molecule has 4 rings (SSSR count). The van der Waals surface area contributed by atoms with Gasteiger partial charge in [-0.2, -0.15) is 0 Å². The average Bonchev–Trinajstić information content (AvgIpc) is 3.07. The van der Waals surface area contributed by atoms with Crippen LogP contribution in [0.1, 0.15) is 42.0 Å². The lowest BCUT2D eigenvalue weighted by atomic mass is 9.97. The second kappa shape index (κ2) is 12.4. The normalized spacial score (nSPS) is 16.7. The number of ether oxygens (including phenoxy) is 1. The fraction of sp³-hybridized carbons (Fsp3) is 0.357. The Bertz CT molecular complexity index is 1210. The Balaban J connectivity index is 1.51. The van der Waals surface area contributed by atoms with Crippen molar-refractivity contribution < 1.29 is 18.3 Å². The molecule has 0 radical (unpaired) electrons. The number of benzene rings is 3. The van der Waals surface area contributed by atoms with Crippen molar-refractivity contribution in [3.05, 3.63) is 95.6 Å². The van der Waals surface area contributed by atoms with Crippen LogP contribution in [-0.2, 0) is 23.0 Å². The number of hydrogen-bond donors (Lipinski definition) is 3. The van der Waals surface area contributed by atoms with Crippen molar-refractivity contribution in [1.29, 1.82) is 0 Å². The molecule has 0 bridgehead atoms. The Hall–Kier alpha value is -2.91. The summed E-state index contributed by atoms with van der Waals surface area (Å²) in [7, 11) is -3.34. The SMILES string of the molecule is CS(=O)(=O)Nc1ccc2c(c1)CCCCC2N(Cc1ccccc1)NC[C@H](O)COc1ccccc1. The number of nitrogens with zero attached hydrogens (tertiary/aromatic N) is 1. The first-order valence-corrected chi connectivity index (χ1v) is 14.3. The lowest BCUT2D eigenvalue weighted by Gasteiger charge is -2.34. The van der Waals surface area contributed by atoms with Gasteiger partial charge in [0.1, 0.15) is 18.5 Å². The van der Waals surface area contributed by atoms with E-state index in [0.29, 0.717) is 18.8 Å². The van der Waals surface area contributed by atoms with Gasteiger partial charge < -0.3 is 9.84 Å². The first-order valence-electron chi connectivity index (χ1n) is 12.4. The molecular formula is C28H35N3O4S. The van der Waals surface area contributed by atoms with Crippen molar-refractivity contribution >= 4 is 15.7 Å². The molecule has 0 amide bonds. The maximum atomic E-state index is 11.7. The minimum atomic E-state index is -3.34. The van der Waals surface area contributed by atoms with E-state index in [1.165, 1.54) is 17.4 Å².